The molecule has 6 rings (SSSR count). The van der Waals surface area contributed by atoms with Gasteiger partial charge < -0.3 is 9.84 Å². The molecule has 1 atom stereocenters. The van der Waals surface area contributed by atoms with Gasteiger partial charge in [0.05, 0.1) is 11.6 Å². The Balaban J connectivity index is 1.39. The fourth-order valence-electron chi connectivity index (χ4n) is 4.50. The van der Waals surface area contributed by atoms with Gasteiger partial charge in [0.1, 0.15) is 23.1 Å². The molecule has 2 aromatic heterocycles. The molecule has 1 unspecified atom stereocenters. The normalized spacial score (nSPS) is 16.1. The molecule has 0 radical (unpaired) electrons. The van der Waals surface area contributed by atoms with Crippen molar-refractivity contribution < 1.29 is 23.8 Å². The Morgan fingerprint density at radius 2 is 1.67 bits per heavy atom. The van der Waals surface area contributed by atoms with Gasteiger partial charge in [0.15, 0.2) is 4.34 Å². The van der Waals surface area contributed by atoms with Gasteiger partial charge in [-0.3, -0.25) is 19.5 Å². The summed E-state index contributed by atoms with van der Waals surface area (Å²) in [5, 5.41) is 19.9. The Bertz CT molecular complexity index is 1800. The molecule has 42 heavy (non-hydrogen) atoms. The van der Waals surface area contributed by atoms with Crippen LogP contribution in [0.5, 0.6) is 11.5 Å². The van der Waals surface area contributed by atoms with E-state index in [-0.39, 0.29) is 22.3 Å². The minimum atomic E-state index is -1.02. The van der Waals surface area contributed by atoms with Gasteiger partial charge in [0, 0.05) is 23.7 Å². The topological polar surface area (TPSA) is 106 Å². The zero-order valence-electron chi connectivity index (χ0n) is 21.8. The lowest BCUT2D eigenvalue weighted by molar-refractivity contribution is -0.132. The molecule has 3 heterocycles. The van der Waals surface area contributed by atoms with Crippen LogP contribution in [-0.2, 0) is 15.3 Å². The molecule has 1 amide bonds. The molecule has 1 N–H and O–H groups in total. The first-order valence-corrected chi connectivity index (χ1v) is 14.5. The van der Waals surface area contributed by atoms with Crippen molar-refractivity contribution >= 4 is 45.7 Å². The lowest BCUT2D eigenvalue weighted by Crippen LogP contribution is -2.29. The molecule has 11 heteroatoms. The number of Topliss-reactive ketones (excluding diaryl/α,β-unsaturated/α-hetero) is 1. The predicted molar refractivity (Wildman–Crippen MR) is 158 cm³/mol. The number of carbonyl (C=O) groups excluding carboxylic acids is 2. The van der Waals surface area contributed by atoms with E-state index < -0.39 is 17.7 Å². The molecule has 8 nitrogen and oxygen atoms in total. The van der Waals surface area contributed by atoms with Gasteiger partial charge in [-0.1, -0.05) is 71.6 Å². The third kappa shape index (κ3) is 5.52. The number of aliphatic hydroxyl groups is 1. The number of hydrogen-bond acceptors (Lipinski definition) is 9. The Hall–Kier alpha value is -4.87. The van der Waals surface area contributed by atoms with Gasteiger partial charge in [-0.25, -0.2) is 4.39 Å². The number of para-hydroxylation sites is 1. The van der Waals surface area contributed by atoms with Crippen molar-refractivity contribution in [1.29, 1.82) is 0 Å². The SMILES string of the molecule is O=C1C(=O)N(c2nnc(SCc3ccccc3F)s2)C(c2cccc(Oc3ccccc3)c2)/C1=C(\O)c1ccncc1. The Kier molecular flexibility index (Phi) is 7.76. The number of ketones is 1. The van der Waals surface area contributed by atoms with Crippen LogP contribution >= 0.6 is 23.1 Å². The molecule has 0 bridgehead atoms. The summed E-state index contributed by atoms with van der Waals surface area (Å²) < 4.78 is 20.6. The Morgan fingerprint density at radius 3 is 2.45 bits per heavy atom. The summed E-state index contributed by atoms with van der Waals surface area (Å²) in [6.45, 7) is 0. The average Bonchev–Trinajstić information content (AvgIpc) is 3.59. The molecule has 5 aromatic rings. The number of pyridine rings is 1. The van der Waals surface area contributed by atoms with Crippen molar-refractivity contribution in [1.82, 2.24) is 15.2 Å². The van der Waals surface area contributed by atoms with E-state index in [9.17, 15) is 19.1 Å². The van der Waals surface area contributed by atoms with Crippen LogP contribution in [0.3, 0.4) is 0 Å². The Morgan fingerprint density at radius 1 is 0.929 bits per heavy atom. The van der Waals surface area contributed by atoms with Gasteiger partial charge >= 0.3 is 5.91 Å². The van der Waals surface area contributed by atoms with Gasteiger partial charge in [0.2, 0.25) is 5.13 Å². The van der Waals surface area contributed by atoms with Crippen LogP contribution in [0.4, 0.5) is 9.52 Å². The van der Waals surface area contributed by atoms with Crippen LogP contribution in [0.2, 0.25) is 0 Å². The number of rotatable bonds is 8. The third-order valence-electron chi connectivity index (χ3n) is 6.46. The first-order valence-electron chi connectivity index (χ1n) is 12.7. The minimum absolute atomic E-state index is 0.0983. The van der Waals surface area contributed by atoms with E-state index in [0.29, 0.717) is 38.3 Å². The van der Waals surface area contributed by atoms with Gasteiger partial charge in [0.25, 0.3) is 5.78 Å². The first kappa shape index (κ1) is 27.3. The summed E-state index contributed by atoms with van der Waals surface area (Å²) in [6, 6.07) is 24.7. The third-order valence-corrected chi connectivity index (χ3v) is 8.57. The predicted octanol–water partition coefficient (Wildman–Crippen LogP) is 6.78. The molecule has 3 aromatic carbocycles. The second-order valence-electron chi connectivity index (χ2n) is 9.12. The lowest BCUT2D eigenvalue weighted by Gasteiger charge is -2.23. The van der Waals surface area contributed by atoms with E-state index in [1.54, 1.807) is 54.6 Å². The van der Waals surface area contributed by atoms with Crippen LogP contribution < -0.4 is 9.64 Å². The van der Waals surface area contributed by atoms with Crippen LogP contribution in [-0.4, -0.2) is 32.0 Å². The zero-order valence-corrected chi connectivity index (χ0v) is 23.4. The average molecular weight is 597 g/mol. The summed E-state index contributed by atoms with van der Waals surface area (Å²) in [6.07, 6.45) is 2.97. The van der Waals surface area contributed by atoms with E-state index in [1.165, 1.54) is 35.1 Å². The summed E-state index contributed by atoms with van der Waals surface area (Å²) in [5.41, 5.74) is 1.27. The van der Waals surface area contributed by atoms with Crippen molar-refractivity contribution in [3.8, 4) is 11.5 Å². The fraction of sp³-hybridized carbons (Fsp3) is 0.0645. The molecular formula is C31H21FN4O4S2. The van der Waals surface area contributed by atoms with E-state index in [2.05, 4.69) is 15.2 Å². The number of hydrogen-bond donors (Lipinski definition) is 1. The number of anilines is 1. The number of benzene rings is 3. The maximum absolute atomic E-state index is 14.1. The van der Waals surface area contributed by atoms with Crippen molar-refractivity contribution in [2.45, 2.75) is 16.1 Å². The van der Waals surface area contributed by atoms with Gasteiger partial charge in [-0.2, -0.15) is 0 Å². The van der Waals surface area contributed by atoms with Crippen LogP contribution in [0, 0.1) is 5.82 Å². The molecule has 0 saturated carbocycles. The maximum atomic E-state index is 14.1. The number of thioether (sulfide) groups is 1. The number of amides is 1. The first-order chi connectivity index (χ1) is 20.5. The zero-order chi connectivity index (χ0) is 29.1. The molecule has 1 fully saturated rings. The van der Waals surface area contributed by atoms with Gasteiger partial charge in [-0.15, -0.1) is 10.2 Å². The number of aliphatic hydroxyl groups excluding tert-OH is 1. The highest BCUT2D eigenvalue weighted by atomic mass is 32.2. The Labute approximate surface area is 248 Å². The number of halogens is 1. The fourth-order valence-corrected chi connectivity index (χ4v) is 6.35. The summed E-state index contributed by atoms with van der Waals surface area (Å²) >= 11 is 2.37. The minimum Gasteiger partial charge on any atom is -0.507 e. The van der Waals surface area contributed by atoms with Gasteiger partial charge in [-0.05, 0) is 53.6 Å². The molecule has 1 aliphatic heterocycles. The largest absolute Gasteiger partial charge is 0.507 e. The number of ether oxygens (including phenoxy) is 1. The highest BCUT2D eigenvalue weighted by Crippen LogP contribution is 2.44. The second kappa shape index (κ2) is 11.9. The van der Waals surface area contributed by atoms with Crippen LogP contribution in [0.1, 0.15) is 22.7 Å². The summed E-state index contributed by atoms with van der Waals surface area (Å²) in [4.78, 5) is 32.2. The van der Waals surface area contributed by atoms with E-state index in [1.807, 2.05) is 30.3 Å². The highest BCUT2D eigenvalue weighted by molar-refractivity contribution is 8.00. The van der Waals surface area contributed by atoms with Crippen molar-refractivity contribution in [2.75, 3.05) is 4.90 Å². The molecule has 1 aliphatic rings. The number of aromatic nitrogens is 3. The number of nitrogens with zero attached hydrogens (tertiary/aromatic N) is 4. The molecule has 208 valence electrons. The quantitative estimate of drug-likeness (QED) is 0.0687. The highest BCUT2D eigenvalue weighted by Gasteiger charge is 2.48. The van der Waals surface area contributed by atoms with E-state index >= 15 is 0 Å². The smallest absolute Gasteiger partial charge is 0.301 e. The molecular weight excluding hydrogens is 575 g/mol. The van der Waals surface area contributed by atoms with E-state index in [4.69, 9.17) is 4.74 Å². The molecule has 1 saturated heterocycles. The molecule has 0 spiro atoms. The lowest BCUT2D eigenvalue weighted by atomic mass is 9.95. The van der Waals surface area contributed by atoms with Crippen molar-refractivity contribution in [3.63, 3.8) is 0 Å². The maximum Gasteiger partial charge on any atom is 0.301 e. The van der Waals surface area contributed by atoms with Crippen LogP contribution in [0.25, 0.3) is 5.76 Å². The number of carbonyl (C=O) groups is 2. The van der Waals surface area contributed by atoms with Crippen molar-refractivity contribution in [3.05, 3.63) is 131 Å². The summed E-state index contributed by atoms with van der Waals surface area (Å²) in [7, 11) is 0. The van der Waals surface area contributed by atoms with Crippen molar-refractivity contribution in [2.24, 2.45) is 0 Å². The monoisotopic (exact) mass is 596 g/mol. The van der Waals surface area contributed by atoms with Crippen LogP contribution in [0.15, 0.2) is 113 Å². The summed E-state index contributed by atoms with van der Waals surface area (Å²) in [5.74, 6) is -0.978. The van der Waals surface area contributed by atoms with E-state index in [0.717, 1.165) is 11.3 Å². The standard InChI is InChI=1S/C31H21FN4O4S2/c32-24-12-5-4-7-21(24)18-41-31-35-34-30(42-31)36-26(20-8-6-11-23(17-20)40-22-9-2-1-3-10-22)25(28(38)29(36)39)27(37)19-13-15-33-16-14-19/h1-17,26,37H,18H2/b27-25+. The molecule has 0 aliphatic carbocycles. The second-order valence-corrected chi connectivity index (χ2v) is 11.3.